The van der Waals surface area contributed by atoms with Gasteiger partial charge in [0.25, 0.3) is 0 Å². The quantitative estimate of drug-likeness (QED) is 0.168. The van der Waals surface area contributed by atoms with Gasteiger partial charge in [-0.05, 0) is 56.6 Å². The number of rotatable bonds is 10. The van der Waals surface area contributed by atoms with Crippen molar-refractivity contribution in [2.45, 2.75) is 19.5 Å². The summed E-state index contributed by atoms with van der Waals surface area (Å²) in [5.74, 6) is 1.82. The molecule has 2 amide bonds. The third-order valence-corrected chi connectivity index (χ3v) is 7.15. The Balaban J connectivity index is 1.42. The van der Waals surface area contributed by atoms with Crippen molar-refractivity contribution in [3.8, 4) is 23.0 Å². The number of benzene rings is 3. The minimum atomic E-state index is -4.57. The van der Waals surface area contributed by atoms with Crippen molar-refractivity contribution in [3.63, 3.8) is 0 Å². The number of aryl methyl sites for hydroxylation is 1. The molecule has 13 heteroatoms. The van der Waals surface area contributed by atoms with Crippen molar-refractivity contribution in [1.29, 1.82) is 0 Å². The van der Waals surface area contributed by atoms with Crippen molar-refractivity contribution in [2.24, 2.45) is 0 Å². The molecule has 0 aliphatic rings. The summed E-state index contributed by atoms with van der Waals surface area (Å²) >= 11 is 0. The highest BCUT2D eigenvalue weighted by atomic mass is 19.4. The maximum absolute atomic E-state index is 13.6. The number of carbonyl (C=O) groups excluding carboxylic acids is 1. The Bertz CT molecular complexity index is 1850. The summed E-state index contributed by atoms with van der Waals surface area (Å²) in [5.41, 5.74) is 0.634. The predicted molar refractivity (Wildman–Crippen MR) is 172 cm³/mol. The van der Waals surface area contributed by atoms with Crippen molar-refractivity contribution in [3.05, 3.63) is 90.6 Å². The predicted octanol–water partition coefficient (Wildman–Crippen LogP) is 7.10. The van der Waals surface area contributed by atoms with Crippen LogP contribution in [0.5, 0.6) is 11.6 Å². The lowest BCUT2D eigenvalue weighted by molar-refractivity contribution is -0.137. The number of pyridine rings is 1. The fourth-order valence-corrected chi connectivity index (χ4v) is 4.74. The van der Waals surface area contributed by atoms with Gasteiger partial charge in [0.2, 0.25) is 5.88 Å². The first-order valence-corrected chi connectivity index (χ1v) is 14.5. The lowest BCUT2D eigenvalue weighted by Crippen LogP contribution is -2.30. The lowest BCUT2D eigenvalue weighted by atomic mass is 10.1. The number of anilines is 3. The van der Waals surface area contributed by atoms with Crippen LogP contribution in [0, 0.1) is 0 Å². The average Bonchev–Trinajstić information content (AvgIpc) is 3.04. The Hall–Kier alpha value is -5.30. The van der Waals surface area contributed by atoms with Gasteiger partial charge in [-0.2, -0.15) is 13.2 Å². The molecular weight excluding hydrogens is 597 g/mol. The van der Waals surface area contributed by atoms with E-state index in [9.17, 15) is 18.0 Å². The standard InChI is InChI=1S/C33H33F3N8O2/c1-5-29-38-20-39-30(42-29)24-11-8-16-37-31(24)46-28-15-13-25(22-9-6-7-10-23(22)28)40-32(45)41-26-19-21(33(34,35)36)12-14-27(26)44(4)18-17-43(2)3/h6-16,19-20H,5,17-18H2,1-4H3,(H2,40,41,45). The van der Waals surface area contributed by atoms with Crippen LogP contribution in [0.3, 0.4) is 0 Å². The molecule has 0 spiro atoms. The van der Waals surface area contributed by atoms with E-state index in [1.165, 1.54) is 12.4 Å². The number of urea groups is 1. The van der Waals surface area contributed by atoms with E-state index < -0.39 is 17.8 Å². The number of aromatic nitrogens is 4. The first kappa shape index (κ1) is 32.1. The second-order valence-electron chi connectivity index (χ2n) is 10.7. The number of likely N-dealkylation sites (N-methyl/N-ethyl adjacent to an activating group) is 2. The summed E-state index contributed by atoms with van der Waals surface area (Å²) in [6.45, 7) is 3.15. The number of hydrogen-bond donors (Lipinski definition) is 2. The first-order valence-electron chi connectivity index (χ1n) is 14.5. The minimum absolute atomic E-state index is 0.0325. The monoisotopic (exact) mass is 630 g/mol. The van der Waals surface area contributed by atoms with Gasteiger partial charge in [0.15, 0.2) is 5.82 Å². The highest BCUT2D eigenvalue weighted by Gasteiger charge is 2.31. The average molecular weight is 631 g/mol. The van der Waals surface area contributed by atoms with Crippen molar-refractivity contribution >= 4 is 33.9 Å². The van der Waals surface area contributed by atoms with Crippen LogP contribution in [0.25, 0.3) is 22.2 Å². The Kier molecular flexibility index (Phi) is 9.61. The van der Waals surface area contributed by atoms with Gasteiger partial charge in [-0.15, -0.1) is 0 Å². The molecule has 0 saturated carbocycles. The number of ether oxygens (including phenoxy) is 1. The van der Waals surface area contributed by atoms with Crippen molar-refractivity contribution in [1.82, 2.24) is 24.8 Å². The molecule has 5 rings (SSSR count). The van der Waals surface area contributed by atoms with Crippen LogP contribution >= 0.6 is 0 Å². The number of alkyl halides is 3. The third kappa shape index (κ3) is 7.49. The molecule has 10 nitrogen and oxygen atoms in total. The van der Waals surface area contributed by atoms with E-state index in [1.807, 2.05) is 44.1 Å². The van der Waals surface area contributed by atoms with Gasteiger partial charge in [-0.3, -0.25) is 0 Å². The summed E-state index contributed by atoms with van der Waals surface area (Å²) in [5, 5.41) is 6.74. The zero-order valence-electron chi connectivity index (χ0n) is 25.8. The third-order valence-electron chi connectivity index (χ3n) is 7.15. The Morgan fingerprint density at radius 3 is 2.37 bits per heavy atom. The molecular formula is C33H33F3N8O2. The van der Waals surface area contributed by atoms with E-state index in [-0.39, 0.29) is 11.6 Å². The van der Waals surface area contributed by atoms with Crippen molar-refractivity contribution < 1.29 is 22.7 Å². The number of halogens is 3. The molecule has 0 unspecified atom stereocenters. The maximum atomic E-state index is 13.6. The van der Waals surface area contributed by atoms with Gasteiger partial charge < -0.3 is 25.2 Å². The molecule has 0 atom stereocenters. The van der Waals surface area contributed by atoms with Gasteiger partial charge in [0.1, 0.15) is 17.9 Å². The molecule has 0 aliphatic heterocycles. The van der Waals surface area contributed by atoms with Crippen LogP contribution in [-0.4, -0.2) is 65.1 Å². The zero-order chi connectivity index (χ0) is 32.8. The fourth-order valence-electron chi connectivity index (χ4n) is 4.74. The van der Waals surface area contributed by atoms with Crippen LogP contribution < -0.4 is 20.3 Å². The van der Waals surface area contributed by atoms with Crippen LogP contribution in [0.4, 0.5) is 35.0 Å². The second-order valence-corrected chi connectivity index (χ2v) is 10.7. The summed E-state index contributed by atoms with van der Waals surface area (Å²) in [6.07, 6.45) is -0.887. The molecule has 3 aromatic carbocycles. The first-order chi connectivity index (χ1) is 22.0. The number of hydrogen-bond acceptors (Lipinski definition) is 8. The Labute approximate surface area is 264 Å². The van der Waals surface area contributed by atoms with Crippen LogP contribution in [-0.2, 0) is 12.6 Å². The molecule has 238 valence electrons. The molecule has 2 N–H and O–H groups in total. The molecule has 5 aromatic rings. The van der Waals surface area contributed by atoms with Gasteiger partial charge in [-0.1, -0.05) is 31.2 Å². The molecule has 0 radical (unpaired) electrons. The van der Waals surface area contributed by atoms with Crippen molar-refractivity contribution in [2.75, 3.05) is 49.8 Å². The topological polar surface area (TPSA) is 108 Å². The minimum Gasteiger partial charge on any atom is -0.438 e. The zero-order valence-corrected chi connectivity index (χ0v) is 25.8. The summed E-state index contributed by atoms with van der Waals surface area (Å²) in [7, 11) is 5.57. The highest BCUT2D eigenvalue weighted by Crippen LogP contribution is 2.38. The second kappa shape index (κ2) is 13.8. The summed E-state index contributed by atoms with van der Waals surface area (Å²) < 4.78 is 47.0. The number of amides is 2. The van der Waals surface area contributed by atoms with E-state index in [0.29, 0.717) is 64.6 Å². The van der Waals surface area contributed by atoms with Gasteiger partial charge in [0.05, 0.1) is 28.2 Å². The molecule has 0 aliphatic carbocycles. The summed E-state index contributed by atoms with van der Waals surface area (Å²) in [4.78, 5) is 34.4. The molecule has 2 heterocycles. The Morgan fingerprint density at radius 1 is 0.870 bits per heavy atom. The molecule has 2 aromatic heterocycles. The van der Waals surface area contributed by atoms with Crippen LogP contribution in [0.15, 0.2) is 79.3 Å². The molecule has 0 bridgehead atoms. The van der Waals surface area contributed by atoms with E-state index in [4.69, 9.17) is 4.74 Å². The fraction of sp³-hybridized carbons (Fsp3) is 0.242. The molecule has 0 saturated heterocycles. The van der Waals surface area contributed by atoms with E-state index in [1.54, 1.807) is 48.5 Å². The van der Waals surface area contributed by atoms with Gasteiger partial charge in [-0.25, -0.2) is 24.7 Å². The van der Waals surface area contributed by atoms with Crippen LogP contribution in [0.1, 0.15) is 18.3 Å². The van der Waals surface area contributed by atoms with E-state index in [2.05, 4.69) is 30.6 Å². The van der Waals surface area contributed by atoms with Crippen LogP contribution in [0.2, 0.25) is 0 Å². The van der Waals surface area contributed by atoms with E-state index in [0.717, 1.165) is 12.1 Å². The SMILES string of the molecule is CCc1ncnc(-c2cccnc2Oc2ccc(NC(=O)Nc3cc(C(F)(F)F)ccc3N(C)CCN(C)C)c3ccccc23)n1. The maximum Gasteiger partial charge on any atom is 0.416 e. The number of nitrogens with one attached hydrogen (secondary N) is 2. The molecule has 46 heavy (non-hydrogen) atoms. The van der Waals surface area contributed by atoms with Gasteiger partial charge in [0, 0.05) is 43.5 Å². The molecule has 0 fully saturated rings. The number of nitrogens with zero attached hydrogens (tertiary/aromatic N) is 6. The number of fused-ring (bicyclic) bond motifs is 1. The lowest BCUT2D eigenvalue weighted by Gasteiger charge is -2.25. The number of carbonyl (C=O) groups is 1. The Morgan fingerprint density at radius 2 is 1.63 bits per heavy atom. The smallest absolute Gasteiger partial charge is 0.416 e. The summed E-state index contributed by atoms with van der Waals surface area (Å²) in [6, 6.07) is 16.8. The van der Waals surface area contributed by atoms with Gasteiger partial charge >= 0.3 is 12.2 Å². The van der Waals surface area contributed by atoms with E-state index >= 15 is 0 Å². The largest absolute Gasteiger partial charge is 0.438 e. The highest BCUT2D eigenvalue weighted by molar-refractivity contribution is 6.08. The normalized spacial score (nSPS) is 11.5.